The van der Waals surface area contributed by atoms with Gasteiger partial charge in [0, 0.05) is 12.7 Å². The third kappa shape index (κ3) is 4.31. The summed E-state index contributed by atoms with van der Waals surface area (Å²) in [5, 5.41) is 36.3. The standard InChI is InChI=1S/C27H33NO7/c1-25(2)20(29)13-15-26(3,35-25)14-12-16-6-11-19-21(22(16)30)27(32,23(34-5)24(31)28-19)17-7-9-18(33-4)10-8-17/h6-12,14,20,23,29-30,32H,13,15H2,1-5H3,(H,28,31)/t20-,23+,26-,27-/m1/s1. The summed E-state index contributed by atoms with van der Waals surface area (Å²) >= 11 is 0. The third-order valence-electron chi connectivity index (χ3n) is 7.06. The number of amides is 1. The Morgan fingerprint density at radius 3 is 2.40 bits per heavy atom. The van der Waals surface area contributed by atoms with E-state index in [0.29, 0.717) is 35.4 Å². The van der Waals surface area contributed by atoms with E-state index in [0.717, 1.165) is 0 Å². The van der Waals surface area contributed by atoms with Crippen LogP contribution in [0.3, 0.4) is 0 Å². The van der Waals surface area contributed by atoms with Gasteiger partial charge in [-0.25, -0.2) is 0 Å². The van der Waals surface area contributed by atoms with Crippen molar-refractivity contribution in [2.75, 3.05) is 19.5 Å². The van der Waals surface area contributed by atoms with E-state index in [4.69, 9.17) is 14.2 Å². The lowest BCUT2D eigenvalue weighted by Gasteiger charge is -2.45. The van der Waals surface area contributed by atoms with Crippen LogP contribution >= 0.6 is 0 Å². The lowest BCUT2D eigenvalue weighted by atomic mass is 9.76. The molecule has 0 radical (unpaired) electrons. The van der Waals surface area contributed by atoms with Crippen LogP contribution < -0.4 is 10.1 Å². The van der Waals surface area contributed by atoms with Crippen LogP contribution in [0.4, 0.5) is 5.69 Å². The number of nitrogens with one attached hydrogen (secondary N) is 1. The molecule has 2 aliphatic heterocycles. The molecule has 0 saturated carbocycles. The molecule has 1 saturated heterocycles. The van der Waals surface area contributed by atoms with Crippen LogP contribution in [-0.4, -0.2) is 58.9 Å². The Balaban J connectivity index is 1.80. The zero-order valence-corrected chi connectivity index (χ0v) is 20.7. The van der Waals surface area contributed by atoms with Gasteiger partial charge < -0.3 is 34.8 Å². The molecule has 1 amide bonds. The molecule has 0 aliphatic carbocycles. The Labute approximate surface area is 205 Å². The fourth-order valence-electron chi connectivity index (χ4n) is 5.04. The molecular formula is C27H33NO7. The van der Waals surface area contributed by atoms with Crippen LogP contribution in [0.15, 0.2) is 42.5 Å². The number of aliphatic hydroxyl groups is 2. The summed E-state index contributed by atoms with van der Waals surface area (Å²) < 4.78 is 16.8. The largest absolute Gasteiger partial charge is 0.507 e. The fourth-order valence-corrected chi connectivity index (χ4v) is 5.04. The smallest absolute Gasteiger partial charge is 0.257 e. The highest BCUT2D eigenvalue weighted by Crippen LogP contribution is 2.48. The number of methoxy groups -OCH3 is 2. The molecule has 2 aromatic carbocycles. The number of hydrogen-bond acceptors (Lipinski definition) is 7. The summed E-state index contributed by atoms with van der Waals surface area (Å²) in [7, 11) is 2.87. The van der Waals surface area contributed by atoms with Gasteiger partial charge in [0.25, 0.3) is 5.91 Å². The van der Waals surface area contributed by atoms with Crippen molar-refractivity contribution in [1.82, 2.24) is 0 Å². The van der Waals surface area contributed by atoms with E-state index in [1.54, 1.807) is 42.5 Å². The second kappa shape index (κ2) is 8.95. The molecule has 8 nitrogen and oxygen atoms in total. The van der Waals surface area contributed by atoms with Crippen molar-refractivity contribution in [3.8, 4) is 11.5 Å². The minimum Gasteiger partial charge on any atom is -0.507 e. The van der Waals surface area contributed by atoms with Gasteiger partial charge in [0.1, 0.15) is 11.5 Å². The number of benzene rings is 2. The van der Waals surface area contributed by atoms with E-state index in [1.165, 1.54) is 14.2 Å². The molecule has 2 aromatic rings. The Morgan fingerprint density at radius 1 is 1.11 bits per heavy atom. The number of carbonyl (C=O) groups excluding carboxylic acids is 1. The van der Waals surface area contributed by atoms with E-state index in [9.17, 15) is 20.1 Å². The summed E-state index contributed by atoms with van der Waals surface area (Å²) in [4.78, 5) is 12.8. The van der Waals surface area contributed by atoms with Gasteiger partial charge >= 0.3 is 0 Å². The van der Waals surface area contributed by atoms with Gasteiger partial charge in [-0.1, -0.05) is 24.3 Å². The molecule has 4 rings (SSSR count). The molecule has 8 heteroatoms. The second-order valence-corrected chi connectivity index (χ2v) is 9.93. The summed E-state index contributed by atoms with van der Waals surface area (Å²) in [6, 6.07) is 9.93. The van der Waals surface area contributed by atoms with Crippen LogP contribution in [-0.2, 0) is 19.9 Å². The number of aliphatic hydroxyl groups excluding tert-OH is 1. The van der Waals surface area contributed by atoms with Crippen molar-refractivity contribution in [3.05, 3.63) is 59.2 Å². The van der Waals surface area contributed by atoms with Crippen LogP contribution in [0, 0.1) is 0 Å². The monoisotopic (exact) mass is 483 g/mol. The first-order valence-corrected chi connectivity index (χ1v) is 11.6. The fraction of sp³-hybridized carbons (Fsp3) is 0.444. The minimum atomic E-state index is -1.95. The number of hydrogen-bond donors (Lipinski definition) is 4. The lowest BCUT2D eigenvalue weighted by Crippen LogP contribution is -2.52. The Morgan fingerprint density at radius 2 is 1.80 bits per heavy atom. The second-order valence-electron chi connectivity index (χ2n) is 9.93. The van der Waals surface area contributed by atoms with Gasteiger partial charge in [-0.15, -0.1) is 0 Å². The maximum atomic E-state index is 12.8. The highest BCUT2D eigenvalue weighted by atomic mass is 16.5. The van der Waals surface area contributed by atoms with Crippen molar-refractivity contribution in [3.63, 3.8) is 0 Å². The van der Waals surface area contributed by atoms with Gasteiger partial charge in [0.2, 0.25) is 0 Å². The van der Waals surface area contributed by atoms with Crippen LogP contribution in [0.2, 0.25) is 0 Å². The van der Waals surface area contributed by atoms with Crippen LogP contribution in [0.25, 0.3) is 6.08 Å². The summed E-state index contributed by atoms with van der Waals surface area (Å²) in [6.07, 6.45) is 2.92. The Hall–Kier alpha value is -2.91. The first kappa shape index (κ1) is 25.2. The maximum Gasteiger partial charge on any atom is 0.257 e. The molecule has 1 fully saturated rings. The van der Waals surface area contributed by atoms with E-state index >= 15 is 0 Å². The first-order chi connectivity index (χ1) is 16.4. The van der Waals surface area contributed by atoms with Gasteiger partial charge in [0.15, 0.2) is 11.7 Å². The number of anilines is 1. The van der Waals surface area contributed by atoms with Crippen molar-refractivity contribution >= 4 is 17.7 Å². The number of phenols is 1. The lowest BCUT2D eigenvalue weighted by molar-refractivity contribution is -0.195. The van der Waals surface area contributed by atoms with Crippen molar-refractivity contribution < 1.29 is 34.3 Å². The molecule has 0 bridgehead atoms. The van der Waals surface area contributed by atoms with Gasteiger partial charge in [-0.05, 0) is 63.4 Å². The Bertz CT molecular complexity index is 1140. The SMILES string of the molecule is COc1ccc([C@@]2(O)c3c(ccc(C=C[C@]4(C)CC[C@@H](O)C(C)(C)O4)c3O)NC(=O)[C@@H]2OC)cc1. The average Bonchev–Trinajstić information content (AvgIpc) is 2.81. The molecule has 0 unspecified atom stereocenters. The minimum absolute atomic E-state index is 0.140. The molecule has 4 atom stereocenters. The molecule has 35 heavy (non-hydrogen) atoms. The number of ether oxygens (including phenoxy) is 3. The molecule has 0 spiro atoms. The number of phenolic OH excluding ortho intramolecular Hbond substituents is 1. The number of aromatic hydroxyl groups is 1. The molecule has 188 valence electrons. The van der Waals surface area contributed by atoms with Crippen molar-refractivity contribution in [1.29, 1.82) is 0 Å². The van der Waals surface area contributed by atoms with E-state index in [1.807, 2.05) is 26.8 Å². The van der Waals surface area contributed by atoms with E-state index in [2.05, 4.69) is 5.32 Å². The van der Waals surface area contributed by atoms with Crippen LogP contribution in [0.1, 0.15) is 50.3 Å². The molecule has 2 aliphatic rings. The van der Waals surface area contributed by atoms with Crippen molar-refractivity contribution in [2.24, 2.45) is 0 Å². The van der Waals surface area contributed by atoms with Gasteiger partial charge in [0.05, 0.1) is 35.7 Å². The average molecular weight is 484 g/mol. The van der Waals surface area contributed by atoms with Gasteiger partial charge in [-0.3, -0.25) is 4.79 Å². The molecule has 0 aromatic heterocycles. The topological polar surface area (TPSA) is 117 Å². The summed E-state index contributed by atoms with van der Waals surface area (Å²) in [5.41, 5.74) is -2.07. The quantitative estimate of drug-likeness (QED) is 0.515. The highest BCUT2D eigenvalue weighted by Gasteiger charge is 2.51. The van der Waals surface area contributed by atoms with Gasteiger partial charge in [-0.2, -0.15) is 0 Å². The van der Waals surface area contributed by atoms with E-state index in [-0.39, 0.29) is 11.3 Å². The predicted molar refractivity (Wildman–Crippen MR) is 131 cm³/mol. The summed E-state index contributed by atoms with van der Waals surface area (Å²) in [5.74, 6) is -0.121. The number of carbonyl (C=O) groups is 1. The zero-order valence-electron chi connectivity index (χ0n) is 20.7. The van der Waals surface area contributed by atoms with E-state index < -0.39 is 34.9 Å². The predicted octanol–water partition coefficient (Wildman–Crippen LogP) is 3.33. The molecular weight excluding hydrogens is 450 g/mol. The Kier molecular flexibility index (Phi) is 6.44. The molecule has 4 N–H and O–H groups in total. The summed E-state index contributed by atoms with van der Waals surface area (Å²) in [6.45, 7) is 5.63. The number of rotatable bonds is 5. The van der Waals surface area contributed by atoms with Crippen molar-refractivity contribution in [2.45, 2.75) is 62.6 Å². The normalized spacial score (nSPS) is 30.1. The third-order valence-corrected chi connectivity index (χ3v) is 7.06. The zero-order chi connectivity index (χ0) is 25.6. The highest BCUT2D eigenvalue weighted by molar-refractivity contribution is 6.00. The number of fused-ring (bicyclic) bond motifs is 1. The molecule has 2 heterocycles. The first-order valence-electron chi connectivity index (χ1n) is 11.6. The van der Waals surface area contributed by atoms with Crippen LogP contribution in [0.5, 0.6) is 11.5 Å². The maximum absolute atomic E-state index is 12.8.